The molecule has 1 saturated heterocycles. The van der Waals surface area contributed by atoms with E-state index < -0.39 is 10.0 Å². The van der Waals surface area contributed by atoms with Gasteiger partial charge in [0.25, 0.3) is 10.0 Å². The first-order valence-corrected chi connectivity index (χ1v) is 9.14. The summed E-state index contributed by atoms with van der Waals surface area (Å²) in [5.74, 6) is 0.782. The predicted molar refractivity (Wildman–Crippen MR) is 83.2 cm³/mol. The Hall–Kier alpha value is -1.37. The number of methoxy groups -OCH3 is 1. The van der Waals surface area contributed by atoms with Crippen molar-refractivity contribution in [2.24, 2.45) is 0 Å². The summed E-state index contributed by atoms with van der Waals surface area (Å²) in [6.45, 7) is 0.580. The van der Waals surface area contributed by atoms with Gasteiger partial charge in [-0.05, 0) is 42.0 Å². The number of nitrogens with zero attached hydrogens (tertiary/aromatic N) is 1. The van der Waals surface area contributed by atoms with Crippen LogP contribution in [0.15, 0.2) is 46.0 Å². The molecule has 2 aromatic rings. The van der Waals surface area contributed by atoms with E-state index in [0.29, 0.717) is 10.8 Å². The maximum absolute atomic E-state index is 12.7. The van der Waals surface area contributed by atoms with Crippen molar-refractivity contribution in [1.29, 1.82) is 0 Å². The van der Waals surface area contributed by atoms with Gasteiger partial charge in [0.05, 0.1) is 13.2 Å². The predicted octanol–water partition coefficient (Wildman–Crippen LogP) is 3.28. The second-order valence-electron chi connectivity index (χ2n) is 4.98. The average Bonchev–Trinajstić information content (AvgIpc) is 3.19. The van der Waals surface area contributed by atoms with Crippen LogP contribution >= 0.6 is 11.3 Å². The molecule has 0 unspecified atom stereocenters. The van der Waals surface area contributed by atoms with Crippen molar-refractivity contribution in [2.75, 3.05) is 13.7 Å². The zero-order chi connectivity index (χ0) is 14.9. The summed E-state index contributed by atoms with van der Waals surface area (Å²) in [5, 5.41) is 1.80. The van der Waals surface area contributed by atoms with E-state index in [4.69, 9.17) is 4.74 Å². The quantitative estimate of drug-likeness (QED) is 0.867. The molecule has 1 atom stereocenters. The van der Waals surface area contributed by atoms with Crippen molar-refractivity contribution in [2.45, 2.75) is 23.1 Å². The lowest BCUT2D eigenvalue weighted by atomic mass is 10.1. The van der Waals surface area contributed by atoms with Crippen molar-refractivity contribution in [3.63, 3.8) is 0 Å². The molecule has 3 rings (SSSR count). The lowest BCUT2D eigenvalue weighted by Gasteiger charge is -2.23. The van der Waals surface area contributed by atoms with Crippen LogP contribution in [0.5, 0.6) is 5.75 Å². The summed E-state index contributed by atoms with van der Waals surface area (Å²) >= 11 is 1.27. The van der Waals surface area contributed by atoms with E-state index in [9.17, 15) is 8.42 Å². The van der Waals surface area contributed by atoms with Gasteiger partial charge in [-0.1, -0.05) is 18.2 Å². The van der Waals surface area contributed by atoms with Crippen molar-refractivity contribution in [3.05, 3.63) is 47.3 Å². The van der Waals surface area contributed by atoms with Gasteiger partial charge in [-0.2, -0.15) is 4.31 Å². The normalized spacial score (nSPS) is 19.8. The Bertz CT molecular complexity index is 693. The Morgan fingerprint density at radius 3 is 2.62 bits per heavy atom. The Kier molecular flexibility index (Phi) is 4.01. The molecule has 6 heteroatoms. The fourth-order valence-electron chi connectivity index (χ4n) is 2.71. The van der Waals surface area contributed by atoms with Crippen molar-refractivity contribution in [3.8, 4) is 5.75 Å². The SMILES string of the molecule is COc1ccc([C@@H]2CCCN2S(=O)(=O)c2cccs2)cc1. The maximum Gasteiger partial charge on any atom is 0.253 e. The van der Waals surface area contributed by atoms with Crippen LogP contribution in [0.3, 0.4) is 0 Å². The summed E-state index contributed by atoms with van der Waals surface area (Å²) < 4.78 is 32.6. The fraction of sp³-hybridized carbons (Fsp3) is 0.333. The van der Waals surface area contributed by atoms with E-state index >= 15 is 0 Å². The molecule has 0 aliphatic carbocycles. The second-order valence-corrected chi connectivity index (χ2v) is 8.04. The fourth-order valence-corrected chi connectivity index (χ4v) is 5.51. The molecule has 1 aliphatic rings. The molecule has 21 heavy (non-hydrogen) atoms. The molecule has 1 aromatic carbocycles. The van der Waals surface area contributed by atoms with Gasteiger partial charge in [-0.15, -0.1) is 11.3 Å². The zero-order valence-corrected chi connectivity index (χ0v) is 13.4. The van der Waals surface area contributed by atoms with Gasteiger partial charge in [-0.3, -0.25) is 0 Å². The molecule has 0 spiro atoms. The molecule has 4 nitrogen and oxygen atoms in total. The van der Waals surface area contributed by atoms with E-state index in [1.54, 1.807) is 28.9 Å². The van der Waals surface area contributed by atoms with Gasteiger partial charge in [0.15, 0.2) is 0 Å². The van der Waals surface area contributed by atoms with E-state index in [-0.39, 0.29) is 6.04 Å². The Morgan fingerprint density at radius 1 is 1.24 bits per heavy atom. The molecule has 2 heterocycles. The molecule has 0 amide bonds. The van der Waals surface area contributed by atoms with Gasteiger partial charge < -0.3 is 4.74 Å². The van der Waals surface area contributed by atoms with Crippen LogP contribution in [-0.2, 0) is 10.0 Å². The molecule has 0 N–H and O–H groups in total. The first kappa shape index (κ1) is 14.6. The number of ether oxygens (including phenoxy) is 1. The third kappa shape index (κ3) is 2.71. The molecule has 0 bridgehead atoms. The molecular weight excluding hydrogens is 306 g/mol. The highest BCUT2D eigenvalue weighted by Gasteiger charge is 2.36. The van der Waals surface area contributed by atoms with Crippen LogP contribution in [0, 0.1) is 0 Å². The van der Waals surface area contributed by atoms with Crippen molar-refractivity contribution < 1.29 is 13.2 Å². The monoisotopic (exact) mass is 323 g/mol. The van der Waals surface area contributed by atoms with Crippen LogP contribution in [0.4, 0.5) is 0 Å². The topological polar surface area (TPSA) is 46.6 Å². The maximum atomic E-state index is 12.7. The van der Waals surface area contributed by atoms with Crippen LogP contribution < -0.4 is 4.74 Å². The summed E-state index contributed by atoms with van der Waals surface area (Å²) in [6.07, 6.45) is 1.75. The van der Waals surface area contributed by atoms with E-state index in [1.807, 2.05) is 24.3 Å². The first-order chi connectivity index (χ1) is 10.1. The first-order valence-electron chi connectivity index (χ1n) is 6.82. The lowest BCUT2D eigenvalue weighted by molar-refractivity contribution is 0.395. The van der Waals surface area contributed by atoms with E-state index in [1.165, 1.54) is 11.3 Å². The van der Waals surface area contributed by atoms with Crippen LogP contribution in [0.1, 0.15) is 24.4 Å². The summed E-state index contributed by atoms with van der Waals surface area (Å²) in [5.41, 5.74) is 1.02. The molecule has 1 fully saturated rings. The number of thiophene rings is 1. The second kappa shape index (κ2) is 5.79. The summed E-state index contributed by atoms with van der Waals surface area (Å²) in [7, 11) is -1.76. The highest BCUT2D eigenvalue weighted by molar-refractivity contribution is 7.91. The molecule has 1 aliphatic heterocycles. The summed E-state index contributed by atoms with van der Waals surface area (Å²) in [4.78, 5) is 0. The highest BCUT2D eigenvalue weighted by atomic mass is 32.2. The molecular formula is C15H17NO3S2. The molecule has 0 saturated carbocycles. The third-order valence-electron chi connectivity index (χ3n) is 3.76. The number of sulfonamides is 1. The van der Waals surface area contributed by atoms with Gasteiger partial charge in [0.2, 0.25) is 0 Å². The Morgan fingerprint density at radius 2 is 2.00 bits per heavy atom. The average molecular weight is 323 g/mol. The number of benzene rings is 1. The van der Waals surface area contributed by atoms with Gasteiger partial charge in [0.1, 0.15) is 9.96 Å². The number of hydrogen-bond acceptors (Lipinski definition) is 4. The number of hydrogen-bond donors (Lipinski definition) is 0. The zero-order valence-electron chi connectivity index (χ0n) is 11.7. The van der Waals surface area contributed by atoms with Gasteiger partial charge in [0, 0.05) is 6.54 Å². The largest absolute Gasteiger partial charge is 0.497 e. The van der Waals surface area contributed by atoms with E-state index in [0.717, 1.165) is 24.2 Å². The minimum absolute atomic E-state index is 0.0805. The summed E-state index contributed by atoms with van der Waals surface area (Å²) in [6, 6.07) is 11.0. The Balaban J connectivity index is 1.92. The minimum Gasteiger partial charge on any atom is -0.497 e. The van der Waals surface area contributed by atoms with Crippen molar-refractivity contribution in [1.82, 2.24) is 4.31 Å². The van der Waals surface area contributed by atoms with Crippen molar-refractivity contribution >= 4 is 21.4 Å². The lowest BCUT2D eigenvalue weighted by Crippen LogP contribution is -2.30. The number of rotatable bonds is 4. The smallest absolute Gasteiger partial charge is 0.253 e. The molecule has 112 valence electrons. The van der Waals surface area contributed by atoms with Crippen LogP contribution in [0.25, 0.3) is 0 Å². The third-order valence-corrected chi connectivity index (χ3v) is 7.04. The van der Waals surface area contributed by atoms with Gasteiger partial charge >= 0.3 is 0 Å². The molecule has 0 radical (unpaired) electrons. The molecule has 1 aromatic heterocycles. The van der Waals surface area contributed by atoms with Crippen LogP contribution in [-0.4, -0.2) is 26.4 Å². The van der Waals surface area contributed by atoms with Gasteiger partial charge in [-0.25, -0.2) is 8.42 Å². The standard InChI is InChI=1S/C15H17NO3S2/c1-19-13-8-6-12(7-9-13)14-4-2-10-16(14)21(17,18)15-5-3-11-20-15/h3,5-9,11,14H,2,4,10H2,1H3/t14-/m0/s1. The minimum atomic E-state index is -3.39. The van der Waals surface area contributed by atoms with Crippen LogP contribution in [0.2, 0.25) is 0 Å². The van der Waals surface area contributed by atoms with E-state index in [2.05, 4.69) is 0 Å². The Labute approximate surface area is 129 Å². The highest BCUT2D eigenvalue weighted by Crippen LogP contribution is 2.37.